The number of hydrogen-bond acceptors (Lipinski definition) is 3. The number of alkyl halides is 1. The van der Waals surface area contributed by atoms with Crippen molar-refractivity contribution in [1.29, 1.82) is 0 Å². The molecule has 0 saturated carbocycles. The third-order valence-corrected chi connectivity index (χ3v) is 3.97. The first-order valence-electron chi connectivity index (χ1n) is 6.67. The van der Waals surface area contributed by atoms with Gasteiger partial charge >= 0.3 is 11.9 Å². The molecular weight excluding hydrogens is 396 g/mol. The van der Waals surface area contributed by atoms with Crippen LogP contribution in [0.2, 0.25) is 0 Å². The molecule has 12 heteroatoms. The smallest absolute Gasteiger partial charge is 0.383 e. The van der Waals surface area contributed by atoms with Crippen molar-refractivity contribution in [3.63, 3.8) is 0 Å². The summed E-state index contributed by atoms with van der Waals surface area (Å²) in [6, 6.07) is 0. The summed E-state index contributed by atoms with van der Waals surface area (Å²) in [5.41, 5.74) is -9.93. The first-order chi connectivity index (χ1) is 12.6. The van der Waals surface area contributed by atoms with Gasteiger partial charge in [0.2, 0.25) is 0 Å². The van der Waals surface area contributed by atoms with Crippen molar-refractivity contribution in [3.05, 3.63) is 57.2 Å². The van der Waals surface area contributed by atoms with E-state index in [-0.39, 0.29) is 0 Å². The second-order valence-corrected chi connectivity index (χ2v) is 5.24. The highest BCUT2D eigenvalue weighted by molar-refractivity contribution is 6.06. The summed E-state index contributed by atoms with van der Waals surface area (Å²) in [5, 5.41) is 9.03. The van der Waals surface area contributed by atoms with Crippen LogP contribution < -0.4 is 0 Å². The number of rotatable bonds is 2. The summed E-state index contributed by atoms with van der Waals surface area (Å²) >= 11 is 0. The molecule has 1 atom stereocenters. The Morgan fingerprint density at radius 2 is 1.15 bits per heavy atom. The van der Waals surface area contributed by atoms with Gasteiger partial charge in [-0.2, -0.15) is 0 Å². The minimum atomic E-state index is -3.16. The largest absolute Gasteiger partial charge is 0.478 e. The molecule has 142 valence electrons. The van der Waals surface area contributed by atoms with Crippen molar-refractivity contribution >= 4 is 11.9 Å². The molecule has 2 aromatic rings. The Morgan fingerprint density at radius 1 is 0.741 bits per heavy atom. The van der Waals surface area contributed by atoms with Crippen LogP contribution in [0.4, 0.5) is 35.3 Å². The summed E-state index contributed by atoms with van der Waals surface area (Å²) in [6.45, 7) is 0. The Labute approximate surface area is 142 Å². The van der Waals surface area contributed by atoms with Gasteiger partial charge < -0.3 is 5.11 Å². The monoisotopic (exact) mass is 398 g/mol. The highest BCUT2D eigenvalue weighted by Crippen LogP contribution is 2.53. The number of fused-ring (bicyclic) bond motifs is 3. The van der Waals surface area contributed by atoms with Gasteiger partial charge in [-0.25, -0.2) is 45.3 Å². The minimum absolute atomic E-state index is 1.49. The highest BCUT2D eigenvalue weighted by Gasteiger charge is 2.46. The summed E-state index contributed by atoms with van der Waals surface area (Å²) in [5.74, 6) is -19.1. The molecule has 1 N–H and O–H groups in total. The molecule has 2 aromatic carbocycles. The van der Waals surface area contributed by atoms with E-state index in [9.17, 15) is 44.8 Å². The zero-order chi connectivity index (χ0) is 20.4. The van der Waals surface area contributed by atoms with Crippen LogP contribution in [-0.2, 0) is 4.94 Å². The van der Waals surface area contributed by atoms with E-state index >= 15 is 0 Å². The van der Waals surface area contributed by atoms with E-state index in [1.807, 2.05) is 0 Å². The molecule has 1 aliphatic rings. The molecule has 0 bridgehead atoms. The third kappa shape index (κ3) is 2.22. The number of carboxylic acids is 1. The number of aromatic carboxylic acids is 1. The standard InChI is InChI=1S/C15H2F8O4/c16-7-3-1(5(14(24)25)10(19)12(21)8(3)17)2-4(7)9(18)13(22)11(20)6(2)15(26)27-23/h7H,(H,24,25). The molecular formula is C15H2F8O4. The minimum Gasteiger partial charge on any atom is -0.478 e. The highest BCUT2D eigenvalue weighted by atomic mass is 19.3. The quantitative estimate of drug-likeness (QED) is 0.605. The third-order valence-electron chi connectivity index (χ3n) is 3.97. The van der Waals surface area contributed by atoms with Gasteiger partial charge in [0.05, 0.1) is 0 Å². The fourth-order valence-corrected chi connectivity index (χ4v) is 2.93. The molecule has 0 amide bonds. The molecule has 27 heavy (non-hydrogen) atoms. The van der Waals surface area contributed by atoms with Crippen molar-refractivity contribution in [2.75, 3.05) is 0 Å². The molecule has 1 aliphatic carbocycles. The Hall–Kier alpha value is -3.18. The fraction of sp³-hybridized carbons (Fsp3) is 0.0667. The van der Waals surface area contributed by atoms with Crippen LogP contribution in [0.25, 0.3) is 11.1 Å². The van der Waals surface area contributed by atoms with Crippen LogP contribution in [0.15, 0.2) is 0 Å². The second kappa shape index (κ2) is 5.93. The number of benzene rings is 2. The molecule has 0 radical (unpaired) electrons. The maximum atomic E-state index is 14.5. The lowest BCUT2D eigenvalue weighted by Crippen LogP contribution is -2.13. The van der Waals surface area contributed by atoms with E-state index in [1.54, 1.807) is 0 Å². The summed E-state index contributed by atoms with van der Waals surface area (Å²) < 4.78 is 110. The molecule has 0 heterocycles. The predicted octanol–water partition coefficient (Wildman–Crippen LogP) is 4.30. The lowest BCUT2D eigenvalue weighted by atomic mass is 9.93. The van der Waals surface area contributed by atoms with Gasteiger partial charge in [-0.3, -0.25) is 0 Å². The zero-order valence-corrected chi connectivity index (χ0v) is 12.3. The van der Waals surface area contributed by atoms with Gasteiger partial charge in [0.15, 0.2) is 41.1 Å². The van der Waals surface area contributed by atoms with Crippen LogP contribution in [-0.4, -0.2) is 17.0 Å². The van der Waals surface area contributed by atoms with E-state index in [1.165, 1.54) is 0 Å². The molecule has 3 rings (SSSR count). The first kappa shape index (κ1) is 18.6. The van der Waals surface area contributed by atoms with E-state index in [4.69, 9.17) is 5.11 Å². The first-order valence-corrected chi connectivity index (χ1v) is 6.67. The number of carboxylic acid groups (broad SMARTS) is 1. The van der Waals surface area contributed by atoms with Gasteiger partial charge in [-0.1, -0.05) is 0 Å². The SMILES string of the molecule is O=C(O)c1c(F)c(F)c(F)c2c1-c1c(C(=O)OF)c(F)c(F)c(F)c1C2F. The van der Waals surface area contributed by atoms with Crippen LogP contribution in [0, 0.1) is 34.9 Å². The van der Waals surface area contributed by atoms with E-state index in [2.05, 4.69) is 4.94 Å². The van der Waals surface area contributed by atoms with Gasteiger partial charge in [0, 0.05) is 26.8 Å². The lowest BCUT2D eigenvalue weighted by molar-refractivity contribution is -0.0791. The topological polar surface area (TPSA) is 63.6 Å². The van der Waals surface area contributed by atoms with E-state index in [0.29, 0.717) is 0 Å². The van der Waals surface area contributed by atoms with Crippen LogP contribution >= 0.6 is 0 Å². The van der Waals surface area contributed by atoms with Crippen molar-refractivity contribution in [2.45, 2.75) is 6.17 Å². The molecule has 0 spiro atoms. The summed E-state index contributed by atoms with van der Waals surface area (Å²) in [4.78, 5) is 25.4. The average Bonchev–Trinajstić information content (AvgIpc) is 2.90. The van der Waals surface area contributed by atoms with Gasteiger partial charge in [0.25, 0.3) is 0 Å². The van der Waals surface area contributed by atoms with E-state index < -0.39 is 86.4 Å². The molecule has 0 aromatic heterocycles. The van der Waals surface area contributed by atoms with Crippen molar-refractivity contribution in [2.24, 2.45) is 0 Å². The fourth-order valence-electron chi connectivity index (χ4n) is 2.93. The zero-order valence-electron chi connectivity index (χ0n) is 12.3. The van der Waals surface area contributed by atoms with Crippen molar-refractivity contribution in [3.8, 4) is 11.1 Å². The Kier molecular flexibility index (Phi) is 4.08. The molecule has 0 fully saturated rings. The van der Waals surface area contributed by atoms with Crippen LogP contribution in [0.3, 0.4) is 0 Å². The summed E-state index contributed by atoms with van der Waals surface area (Å²) in [6.07, 6.45) is -3.16. The summed E-state index contributed by atoms with van der Waals surface area (Å²) in [7, 11) is 0. The van der Waals surface area contributed by atoms with Crippen molar-refractivity contribution in [1.82, 2.24) is 0 Å². The molecule has 0 saturated heterocycles. The maximum absolute atomic E-state index is 14.5. The number of carbonyl (C=O) groups is 2. The Balaban J connectivity index is 2.65. The van der Waals surface area contributed by atoms with Gasteiger partial charge in [0.1, 0.15) is 11.1 Å². The maximum Gasteiger partial charge on any atom is 0.383 e. The molecule has 1 unspecified atom stereocenters. The van der Waals surface area contributed by atoms with E-state index in [0.717, 1.165) is 0 Å². The normalized spacial score (nSPS) is 14.7. The number of halogens is 8. The molecule has 0 aliphatic heterocycles. The Morgan fingerprint density at radius 3 is 1.56 bits per heavy atom. The second-order valence-electron chi connectivity index (χ2n) is 5.24. The average molecular weight is 398 g/mol. The van der Waals surface area contributed by atoms with Crippen molar-refractivity contribution < 1.29 is 54.9 Å². The number of carbonyl (C=O) groups excluding carboxylic acids is 1. The van der Waals surface area contributed by atoms with Crippen LogP contribution in [0.5, 0.6) is 0 Å². The lowest BCUT2D eigenvalue weighted by Gasteiger charge is -2.12. The van der Waals surface area contributed by atoms with Gasteiger partial charge in [-0.05, 0) is 0 Å². The number of hydrogen-bond donors (Lipinski definition) is 1. The molecule has 4 nitrogen and oxygen atoms in total. The van der Waals surface area contributed by atoms with Gasteiger partial charge in [-0.15, -0.1) is 0 Å². The predicted molar refractivity (Wildman–Crippen MR) is 68.1 cm³/mol. The van der Waals surface area contributed by atoms with Crippen LogP contribution in [0.1, 0.15) is 38.0 Å². The Bertz CT molecular complexity index is 1050.